The van der Waals surface area contributed by atoms with Gasteiger partial charge in [0.05, 0.1) is 13.2 Å². The largest absolute Gasteiger partial charge is 0.478 e. The number of hydrogen-bond acceptors (Lipinski definition) is 5. The number of carbonyl (C=O) groups excluding carboxylic acids is 2. The Balaban J connectivity index is -0.000000362. The summed E-state index contributed by atoms with van der Waals surface area (Å²) in [5.41, 5.74) is 0.176. The molecule has 0 heterocycles. The fourth-order valence-electron chi connectivity index (χ4n) is 1.44. The molecule has 0 radical (unpaired) electrons. The number of rotatable bonds is 12. The lowest BCUT2D eigenvalue weighted by atomic mass is 10.1. The van der Waals surface area contributed by atoms with Crippen LogP contribution in [0.2, 0.25) is 0 Å². The summed E-state index contributed by atoms with van der Waals surface area (Å²) in [6.07, 6.45) is 8.95. The molecule has 0 aromatic heterocycles. The van der Waals surface area contributed by atoms with Crippen LogP contribution < -0.4 is 0 Å². The normalized spacial score (nSPS) is 9.04. The van der Waals surface area contributed by atoms with Crippen molar-refractivity contribution in [3.05, 3.63) is 37.5 Å². The highest BCUT2D eigenvalue weighted by atomic mass is 16.5. The molecule has 6 heteroatoms. The van der Waals surface area contributed by atoms with Gasteiger partial charge >= 0.3 is 17.9 Å². The van der Waals surface area contributed by atoms with Crippen molar-refractivity contribution in [3.63, 3.8) is 0 Å². The van der Waals surface area contributed by atoms with Crippen molar-refractivity contribution in [3.8, 4) is 0 Å². The molecule has 0 bridgehead atoms. The van der Waals surface area contributed by atoms with Crippen LogP contribution in [0.3, 0.4) is 0 Å². The summed E-state index contributed by atoms with van der Waals surface area (Å²) < 4.78 is 9.52. The van der Waals surface area contributed by atoms with Gasteiger partial charge in [0.1, 0.15) is 0 Å². The third-order valence-corrected chi connectivity index (χ3v) is 3.11. The summed E-state index contributed by atoms with van der Waals surface area (Å²) in [6, 6.07) is 0. The van der Waals surface area contributed by atoms with E-state index in [1.165, 1.54) is 31.9 Å². The van der Waals surface area contributed by atoms with Crippen LogP contribution in [-0.2, 0) is 23.9 Å². The Kier molecular flexibility index (Phi) is 24.6. The lowest BCUT2D eigenvalue weighted by molar-refractivity contribution is -0.138. The van der Waals surface area contributed by atoms with Crippen LogP contribution >= 0.6 is 0 Å². The van der Waals surface area contributed by atoms with Crippen molar-refractivity contribution in [1.29, 1.82) is 0 Å². The van der Waals surface area contributed by atoms with Gasteiger partial charge < -0.3 is 14.6 Å². The quantitative estimate of drug-likeness (QED) is 0.280. The highest BCUT2D eigenvalue weighted by Gasteiger charge is 1.96. The molecule has 0 amide bonds. The van der Waals surface area contributed by atoms with Gasteiger partial charge in [0.15, 0.2) is 0 Å². The second kappa shape index (κ2) is 22.7. The fourth-order valence-corrected chi connectivity index (χ4v) is 1.44. The molecule has 6 nitrogen and oxygen atoms in total. The first-order valence-corrected chi connectivity index (χ1v) is 9.59. The zero-order valence-electron chi connectivity index (χ0n) is 18.0. The summed E-state index contributed by atoms with van der Waals surface area (Å²) in [6.45, 7) is 18.7. The van der Waals surface area contributed by atoms with E-state index < -0.39 is 5.97 Å². The van der Waals surface area contributed by atoms with Gasteiger partial charge in [-0.2, -0.15) is 0 Å². The van der Waals surface area contributed by atoms with Crippen molar-refractivity contribution in [2.45, 2.75) is 66.2 Å². The molecular weight excluding hydrogens is 360 g/mol. The summed E-state index contributed by atoms with van der Waals surface area (Å²) >= 11 is 0. The summed E-state index contributed by atoms with van der Waals surface area (Å²) in [4.78, 5) is 30.6. The minimum Gasteiger partial charge on any atom is -0.478 e. The predicted octanol–water partition coefficient (Wildman–Crippen LogP) is 5.09. The molecule has 0 aliphatic carbocycles. The number of carbonyl (C=O) groups is 3. The topological polar surface area (TPSA) is 89.9 Å². The van der Waals surface area contributed by atoms with E-state index in [-0.39, 0.29) is 17.5 Å². The zero-order chi connectivity index (χ0) is 22.4. The second-order valence-electron chi connectivity index (χ2n) is 6.43. The highest BCUT2D eigenvalue weighted by Crippen LogP contribution is 2.07. The van der Waals surface area contributed by atoms with Crippen LogP contribution in [0, 0.1) is 5.92 Å². The first kappa shape index (κ1) is 30.4. The molecule has 162 valence electrons. The molecule has 0 aromatic rings. The Hall–Kier alpha value is -2.37. The van der Waals surface area contributed by atoms with E-state index in [0.29, 0.717) is 13.2 Å². The van der Waals surface area contributed by atoms with Gasteiger partial charge in [0.2, 0.25) is 0 Å². The van der Waals surface area contributed by atoms with Gasteiger partial charge in [-0.3, -0.25) is 0 Å². The smallest absolute Gasteiger partial charge is 0.330 e. The molecular formula is C22H38O6. The maximum Gasteiger partial charge on any atom is 0.330 e. The van der Waals surface area contributed by atoms with E-state index in [4.69, 9.17) is 9.84 Å². The third-order valence-electron chi connectivity index (χ3n) is 3.11. The molecule has 0 aliphatic heterocycles. The van der Waals surface area contributed by atoms with Gasteiger partial charge in [-0.25, -0.2) is 14.4 Å². The molecule has 0 fully saturated rings. The van der Waals surface area contributed by atoms with Gasteiger partial charge in [0.25, 0.3) is 0 Å². The monoisotopic (exact) mass is 398 g/mol. The van der Waals surface area contributed by atoms with E-state index in [1.54, 1.807) is 0 Å². The second-order valence-corrected chi connectivity index (χ2v) is 6.43. The Morgan fingerprint density at radius 2 is 1.36 bits per heavy atom. The molecule has 0 unspecified atom stereocenters. The fraction of sp³-hybridized carbons (Fsp3) is 0.591. The van der Waals surface area contributed by atoms with Crippen LogP contribution in [0.25, 0.3) is 0 Å². The number of carboxylic acids is 1. The number of aliphatic carboxylic acids is 1. The van der Waals surface area contributed by atoms with Crippen molar-refractivity contribution < 1.29 is 29.0 Å². The molecule has 0 aromatic carbocycles. The summed E-state index contributed by atoms with van der Waals surface area (Å²) in [5, 5.41) is 7.89. The lowest BCUT2D eigenvalue weighted by Gasteiger charge is -2.04. The SMILES string of the molecule is C=C(C)C(=O)O.C=CC(=O)OCCCC.C=CC(=O)OCCCCCC(C)C. The Morgan fingerprint density at radius 3 is 1.68 bits per heavy atom. The molecule has 1 N–H and O–H groups in total. The number of ether oxygens (including phenoxy) is 2. The van der Waals surface area contributed by atoms with Crippen molar-refractivity contribution in [1.82, 2.24) is 0 Å². The average Bonchev–Trinajstić information content (AvgIpc) is 2.65. The average molecular weight is 399 g/mol. The van der Waals surface area contributed by atoms with Crippen molar-refractivity contribution >= 4 is 17.9 Å². The zero-order valence-corrected chi connectivity index (χ0v) is 18.0. The van der Waals surface area contributed by atoms with Gasteiger partial charge in [0, 0.05) is 17.7 Å². The van der Waals surface area contributed by atoms with Crippen LogP contribution in [0.5, 0.6) is 0 Å². The molecule has 0 aliphatic rings. The van der Waals surface area contributed by atoms with E-state index in [1.807, 2.05) is 6.92 Å². The number of carboxylic acid groups (broad SMARTS) is 1. The van der Waals surface area contributed by atoms with Gasteiger partial charge in [-0.15, -0.1) is 0 Å². The number of esters is 2. The van der Waals surface area contributed by atoms with Crippen LogP contribution in [0.4, 0.5) is 0 Å². The maximum absolute atomic E-state index is 10.6. The number of hydrogen-bond donors (Lipinski definition) is 1. The lowest BCUT2D eigenvalue weighted by Crippen LogP contribution is -2.01. The summed E-state index contributed by atoms with van der Waals surface area (Å²) in [5.74, 6) is -0.807. The van der Waals surface area contributed by atoms with Crippen molar-refractivity contribution in [2.24, 2.45) is 5.92 Å². The first-order chi connectivity index (χ1) is 13.1. The Bertz CT molecular complexity index is 454. The minimum absolute atomic E-state index is 0.176. The van der Waals surface area contributed by atoms with E-state index in [2.05, 4.69) is 38.3 Å². The molecule has 0 saturated heterocycles. The number of unbranched alkanes of at least 4 members (excludes halogenated alkanes) is 3. The molecule has 0 atom stereocenters. The molecule has 0 saturated carbocycles. The predicted molar refractivity (Wildman–Crippen MR) is 113 cm³/mol. The standard InChI is InChI=1S/C11H20O2.C7H12O2.C4H6O2/c1-4-11(12)13-9-7-5-6-8-10(2)3;1-3-5-6-9-7(8)4-2;1-3(2)4(5)6/h4,10H,1,5-9H2,2-3H3;4H,2-3,5-6H2,1H3;1H2,2H3,(H,5,6). The third kappa shape index (κ3) is 31.4. The molecule has 0 spiro atoms. The van der Waals surface area contributed by atoms with Crippen LogP contribution in [0.1, 0.15) is 66.2 Å². The van der Waals surface area contributed by atoms with Gasteiger partial charge in [-0.05, 0) is 25.7 Å². The summed E-state index contributed by atoms with van der Waals surface area (Å²) in [7, 11) is 0. The highest BCUT2D eigenvalue weighted by molar-refractivity contribution is 5.84. The molecule has 0 rings (SSSR count). The minimum atomic E-state index is -0.935. The first-order valence-electron chi connectivity index (χ1n) is 9.59. The van der Waals surface area contributed by atoms with E-state index in [9.17, 15) is 14.4 Å². The van der Waals surface area contributed by atoms with Crippen LogP contribution in [0.15, 0.2) is 37.5 Å². The Labute approximate surface area is 170 Å². The Morgan fingerprint density at radius 1 is 0.929 bits per heavy atom. The maximum atomic E-state index is 10.6. The van der Waals surface area contributed by atoms with Gasteiger partial charge in [-0.1, -0.05) is 66.2 Å². The van der Waals surface area contributed by atoms with Crippen LogP contribution in [-0.4, -0.2) is 36.2 Å². The molecule has 28 heavy (non-hydrogen) atoms. The van der Waals surface area contributed by atoms with Crippen molar-refractivity contribution in [2.75, 3.05) is 13.2 Å². The van der Waals surface area contributed by atoms with E-state index >= 15 is 0 Å². The van der Waals surface area contributed by atoms with E-state index in [0.717, 1.165) is 31.6 Å².